The number of aryl methyl sites for hydroxylation is 1. The number of nitrogens with two attached hydrogens (primary N) is 1. The van der Waals surface area contributed by atoms with Gasteiger partial charge in [-0.3, -0.25) is 4.79 Å². The molecule has 0 aliphatic heterocycles. The summed E-state index contributed by atoms with van der Waals surface area (Å²) in [4.78, 5) is 14.2. The number of hydrogen-bond donors (Lipinski definition) is 1. The van der Waals surface area contributed by atoms with Gasteiger partial charge in [0.2, 0.25) is 0 Å². The fourth-order valence-electron chi connectivity index (χ4n) is 2.03. The highest BCUT2D eigenvalue weighted by Gasteiger charge is 2.20. The van der Waals surface area contributed by atoms with Gasteiger partial charge in [-0.2, -0.15) is 5.26 Å². The molecule has 0 bridgehead atoms. The summed E-state index contributed by atoms with van der Waals surface area (Å²) >= 11 is 0. The topological polar surface area (TPSA) is 75.0 Å². The molecule has 0 saturated heterocycles. The number of hydrogen-bond acceptors (Lipinski definition) is 3. The summed E-state index contributed by atoms with van der Waals surface area (Å²) in [6.45, 7) is 7.59. The summed E-state index contributed by atoms with van der Waals surface area (Å²) in [6.07, 6.45) is 2.73. The van der Waals surface area contributed by atoms with E-state index in [0.717, 1.165) is 13.0 Å². The van der Waals surface area contributed by atoms with Crippen molar-refractivity contribution in [3.8, 4) is 6.07 Å². The quantitative estimate of drug-likeness (QED) is 0.853. The number of carbonyl (C=O) groups is 1. The Labute approximate surface area is 114 Å². The van der Waals surface area contributed by atoms with Gasteiger partial charge in [0.25, 0.3) is 5.91 Å². The van der Waals surface area contributed by atoms with Crippen LogP contribution in [0.3, 0.4) is 0 Å². The van der Waals surface area contributed by atoms with E-state index in [1.807, 2.05) is 18.4 Å². The lowest BCUT2D eigenvalue weighted by Gasteiger charge is -2.22. The van der Waals surface area contributed by atoms with E-state index in [4.69, 9.17) is 11.0 Å². The van der Waals surface area contributed by atoms with Gasteiger partial charge in [-0.05, 0) is 26.3 Å². The summed E-state index contributed by atoms with van der Waals surface area (Å²) in [7, 11) is 0. The van der Waals surface area contributed by atoms with Crippen LogP contribution in [0.25, 0.3) is 0 Å². The van der Waals surface area contributed by atoms with E-state index >= 15 is 0 Å². The summed E-state index contributed by atoms with van der Waals surface area (Å²) in [5.74, 6) is -0.231. The number of aromatic nitrogens is 1. The highest BCUT2D eigenvalue weighted by molar-refractivity contribution is 5.93. The van der Waals surface area contributed by atoms with Crippen LogP contribution >= 0.6 is 0 Å². The first kappa shape index (κ1) is 15.1. The molecule has 19 heavy (non-hydrogen) atoms. The number of nitrogens with zero attached hydrogens (tertiary/aromatic N) is 3. The van der Waals surface area contributed by atoms with Crippen molar-refractivity contribution in [3.05, 3.63) is 18.0 Å². The van der Waals surface area contributed by atoms with E-state index in [1.54, 1.807) is 17.2 Å². The zero-order chi connectivity index (χ0) is 14.4. The van der Waals surface area contributed by atoms with E-state index in [0.29, 0.717) is 24.5 Å². The van der Waals surface area contributed by atoms with Crippen LogP contribution in [0.1, 0.15) is 37.7 Å². The molecule has 1 aromatic heterocycles. The Balaban J connectivity index is 2.94. The molecule has 1 aromatic rings. The van der Waals surface area contributed by atoms with Crippen LogP contribution in [0.15, 0.2) is 12.3 Å². The molecule has 0 aliphatic carbocycles. The van der Waals surface area contributed by atoms with E-state index in [-0.39, 0.29) is 11.8 Å². The molecule has 0 fully saturated rings. The van der Waals surface area contributed by atoms with E-state index in [9.17, 15) is 4.79 Å². The minimum absolute atomic E-state index is 0.0604. The van der Waals surface area contributed by atoms with Crippen molar-refractivity contribution in [2.45, 2.75) is 33.7 Å². The SMILES string of the molecule is CCCn1cc(N)cc1C(=O)N(CC)CC(C)C#N. The van der Waals surface area contributed by atoms with Crippen molar-refractivity contribution in [1.29, 1.82) is 5.26 Å². The van der Waals surface area contributed by atoms with Gasteiger partial charge in [0.05, 0.1) is 17.7 Å². The molecule has 5 heteroatoms. The first-order valence-electron chi connectivity index (χ1n) is 6.68. The fraction of sp³-hybridized carbons (Fsp3) is 0.571. The van der Waals surface area contributed by atoms with Crippen molar-refractivity contribution in [2.75, 3.05) is 18.8 Å². The Hall–Kier alpha value is -1.96. The normalized spacial score (nSPS) is 11.9. The summed E-state index contributed by atoms with van der Waals surface area (Å²) in [6, 6.07) is 3.86. The smallest absolute Gasteiger partial charge is 0.270 e. The Morgan fingerprint density at radius 3 is 2.79 bits per heavy atom. The van der Waals surface area contributed by atoms with Crippen LogP contribution in [0.2, 0.25) is 0 Å². The third kappa shape index (κ3) is 3.75. The summed E-state index contributed by atoms with van der Waals surface area (Å²) in [5.41, 5.74) is 6.97. The first-order valence-corrected chi connectivity index (χ1v) is 6.68. The molecule has 0 aliphatic rings. The largest absolute Gasteiger partial charge is 0.397 e. The second-order valence-electron chi connectivity index (χ2n) is 4.73. The highest BCUT2D eigenvalue weighted by atomic mass is 16.2. The Kier molecular flexibility index (Phi) is 5.43. The third-order valence-corrected chi connectivity index (χ3v) is 2.98. The molecule has 1 unspecified atom stereocenters. The Bertz CT molecular complexity index is 472. The van der Waals surface area contributed by atoms with Crippen LogP contribution in [-0.4, -0.2) is 28.5 Å². The number of amides is 1. The number of carbonyl (C=O) groups excluding carboxylic acids is 1. The van der Waals surface area contributed by atoms with Crippen LogP contribution in [-0.2, 0) is 6.54 Å². The molecule has 1 rings (SSSR count). The predicted octanol–water partition coefficient (Wildman–Crippen LogP) is 2.10. The summed E-state index contributed by atoms with van der Waals surface area (Å²) < 4.78 is 1.89. The van der Waals surface area contributed by atoms with E-state index in [1.165, 1.54) is 0 Å². The number of nitriles is 1. The average molecular weight is 262 g/mol. The fourth-order valence-corrected chi connectivity index (χ4v) is 2.03. The predicted molar refractivity (Wildman–Crippen MR) is 75.5 cm³/mol. The molecule has 0 aromatic carbocycles. The van der Waals surface area contributed by atoms with E-state index in [2.05, 4.69) is 13.0 Å². The van der Waals surface area contributed by atoms with Crippen molar-refractivity contribution < 1.29 is 4.79 Å². The van der Waals surface area contributed by atoms with Gasteiger partial charge < -0.3 is 15.2 Å². The number of rotatable bonds is 6. The molecule has 0 radical (unpaired) electrons. The minimum atomic E-state index is -0.171. The van der Waals surface area contributed by atoms with Crippen LogP contribution < -0.4 is 5.73 Å². The molecular weight excluding hydrogens is 240 g/mol. The second kappa shape index (κ2) is 6.83. The third-order valence-electron chi connectivity index (χ3n) is 2.98. The van der Waals surface area contributed by atoms with Gasteiger partial charge >= 0.3 is 0 Å². The zero-order valence-electron chi connectivity index (χ0n) is 11.9. The molecule has 0 spiro atoms. The Morgan fingerprint density at radius 2 is 2.26 bits per heavy atom. The van der Waals surface area contributed by atoms with Gasteiger partial charge in [0.15, 0.2) is 0 Å². The summed E-state index contributed by atoms with van der Waals surface area (Å²) in [5, 5.41) is 8.86. The van der Waals surface area contributed by atoms with Crippen LogP contribution in [0, 0.1) is 17.2 Å². The molecule has 5 nitrogen and oxygen atoms in total. The van der Waals surface area contributed by atoms with Gasteiger partial charge in [-0.1, -0.05) is 6.92 Å². The molecule has 2 N–H and O–H groups in total. The van der Waals surface area contributed by atoms with Crippen LogP contribution in [0.5, 0.6) is 0 Å². The maximum atomic E-state index is 12.5. The molecule has 104 valence electrons. The standard InChI is InChI=1S/C14H22N4O/c1-4-6-18-10-12(16)7-13(18)14(19)17(5-2)9-11(3)8-15/h7,10-11H,4-6,9,16H2,1-3H3. The van der Waals surface area contributed by atoms with Crippen molar-refractivity contribution in [3.63, 3.8) is 0 Å². The average Bonchev–Trinajstić information content (AvgIpc) is 2.76. The molecule has 0 saturated carbocycles. The van der Waals surface area contributed by atoms with Crippen LogP contribution in [0.4, 0.5) is 5.69 Å². The maximum absolute atomic E-state index is 12.5. The van der Waals surface area contributed by atoms with Gasteiger partial charge in [0, 0.05) is 25.8 Å². The van der Waals surface area contributed by atoms with Gasteiger partial charge in [-0.15, -0.1) is 0 Å². The minimum Gasteiger partial charge on any atom is -0.397 e. The molecule has 1 amide bonds. The molecular formula is C14H22N4O. The lowest BCUT2D eigenvalue weighted by molar-refractivity contribution is 0.0741. The highest BCUT2D eigenvalue weighted by Crippen LogP contribution is 2.14. The second-order valence-corrected chi connectivity index (χ2v) is 4.73. The van der Waals surface area contributed by atoms with Gasteiger partial charge in [-0.25, -0.2) is 0 Å². The van der Waals surface area contributed by atoms with Gasteiger partial charge in [0.1, 0.15) is 5.69 Å². The lowest BCUT2D eigenvalue weighted by atomic mass is 10.2. The lowest BCUT2D eigenvalue weighted by Crippen LogP contribution is -2.35. The van der Waals surface area contributed by atoms with Crippen molar-refractivity contribution in [2.24, 2.45) is 5.92 Å². The monoisotopic (exact) mass is 262 g/mol. The molecule has 1 atom stereocenters. The first-order chi connectivity index (χ1) is 9.03. The van der Waals surface area contributed by atoms with E-state index < -0.39 is 0 Å². The van der Waals surface area contributed by atoms with Crippen molar-refractivity contribution >= 4 is 11.6 Å². The zero-order valence-corrected chi connectivity index (χ0v) is 11.9. The number of nitrogen functional groups attached to an aromatic ring is 1. The van der Waals surface area contributed by atoms with Crippen molar-refractivity contribution in [1.82, 2.24) is 9.47 Å². The number of anilines is 1. The maximum Gasteiger partial charge on any atom is 0.270 e. The Morgan fingerprint density at radius 1 is 1.58 bits per heavy atom. The molecule has 1 heterocycles.